The zero-order chi connectivity index (χ0) is 24.2. The van der Waals surface area contributed by atoms with Crippen LogP contribution in [0.4, 0.5) is 22.5 Å². The van der Waals surface area contributed by atoms with E-state index in [-0.39, 0.29) is 24.9 Å². The summed E-state index contributed by atoms with van der Waals surface area (Å²) in [5.74, 6) is 0.806. The van der Waals surface area contributed by atoms with Crippen LogP contribution in [0.1, 0.15) is 21.1 Å². The van der Waals surface area contributed by atoms with Crippen LogP contribution in [0.5, 0.6) is 0 Å². The van der Waals surface area contributed by atoms with E-state index in [0.29, 0.717) is 58.5 Å². The Hall–Kier alpha value is -2.99. The molecule has 10 nitrogen and oxygen atoms in total. The van der Waals surface area contributed by atoms with Gasteiger partial charge in [0.05, 0.1) is 23.5 Å². The van der Waals surface area contributed by atoms with E-state index in [2.05, 4.69) is 30.5 Å². The molecule has 0 bridgehead atoms. The molecule has 0 unspecified atom stereocenters. The topological polar surface area (TPSA) is 124 Å². The van der Waals surface area contributed by atoms with Gasteiger partial charge in [-0.3, -0.25) is 14.5 Å². The van der Waals surface area contributed by atoms with Crippen molar-refractivity contribution in [1.29, 1.82) is 0 Å². The molecule has 1 amide bonds. The number of aromatic nitrogens is 3. The fourth-order valence-electron chi connectivity index (χ4n) is 3.62. The summed E-state index contributed by atoms with van der Waals surface area (Å²) in [5.41, 5.74) is 1.45. The van der Waals surface area contributed by atoms with Crippen molar-refractivity contribution in [3.05, 3.63) is 51.7 Å². The van der Waals surface area contributed by atoms with E-state index in [0.717, 1.165) is 11.4 Å². The van der Waals surface area contributed by atoms with Gasteiger partial charge in [-0.25, -0.2) is 15.0 Å². The number of carboxylic acid groups (broad SMARTS) is 1. The summed E-state index contributed by atoms with van der Waals surface area (Å²) in [6.45, 7) is 6.37. The predicted molar refractivity (Wildman–Crippen MR) is 140 cm³/mol. The highest BCUT2D eigenvalue weighted by molar-refractivity contribution is 7.17. The molecule has 0 spiro atoms. The molecule has 3 heterocycles. The van der Waals surface area contributed by atoms with Crippen LogP contribution in [0.15, 0.2) is 30.5 Å². The number of anilines is 4. The number of amides is 1. The quantitative estimate of drug-likeness (QED) is 0.412. The van der Waals surface area contributed by atoms with Crippen molar-refractivity contribution in [1.82, 2.24) is 19.9 Å². The number of thiazole rings is 1. The van der Waals surface area contributed by atoms with Gasteiger partial charge >= 0.3 is 5.97 Å². The Morgan fingerprint density at radius 3 is 2.60 bits per heavy atom. The van der Waals surface area contributed by atoms with E-state index in [1.165, 1.54) is 17.5 Å². The fraction of sp³-hybridized carbons (Fsp3) is 0.318. The Labute approximate surface area is 217 Å². The van der Waals surface area contributed by atoms with Crippen molar-refractivity contribution in [3.8, 4) is 0 Å². The number of carbonyl (C=O) groups is 2. The number of carbonyl (C=O) groups excluding carboxylic acids is 1. The highest BCUT2D eigenvalue weighted by atomic mass is 35.5. The molecule has 1 fully saturated rings. The van der Waals surface area contributed by atoms with Gasteiger partial charge in [-0.15, -0.1) is 12.4 Å². The number of aryl methyl sites for hydroxylation is 2. The number of aliphatic carboxylic acids is 1. The van der Waals surface area contributed by atoms with Crippen LogP contribution in [0.2, 0.25) is 5.02 Å². The third kappa shape index (κ3) is 6.79. The van der Waals surface area contributed by atoms with Gasteiger partial charge in [-0.2, -0.15) is 0 Å². The van der Waals surface area contributed by atoms with Gasteiger partial charge in [-0.05, 0) is 25.5 Å². The SMILES string of the molecule is Cc1nc(Nc2ncc(C(=O)Nc3c(C)cccc3Cl)s2)cc(N2CCN(CC(=O)O)CC2)n1.Cl. The Bertz CT molecular complexity index is 1200. The van der Waals surface area contributed by atoms with E-state index in [1.807, 2.05) is 36.9 Å². The molecule has 1 aliphatic heterocycles. The van der Waals surface area contributed by atoms with Gasteiger partial charge < -0.3 is 20.6 Å². The molecule has 0 saturated carbocycles. The fourth-order valence-corrected chi connectivity index (χ4v) is 4.60. The first-order valence-corrected chi connectivity index (χ1v) is 11.8. The number of carboxylic acids is 1. The number of piperazine rings is 1. The minimum atomic E-state index is -0.823. The average Bonchev–Trinajstić information content (AvgIpc) is 3.24. The van der Waals surface area contributed by atoms with Crippen LogP contribution in [-0.2, 0) is 4.79 Å². The van der Waals surface area contributed by atoms with Crippen molar-refractivity contribution < 1.29 is 14.7 Å². The number of hydrogen-bond acceptors (Lipinski definition) is 9. The molecule has 1 saturated heterocycles. The number of halogens is 2. The maximum atomic E-state index is 12.7. The summed E-state index contributed by atoms with van der Waals surface area (Å²) in [5, 5.41) is 16.0. The normalized spacial score (nSPS) is 13.7. The Morgan fingerprint density at radius 2 is 1.91 bits per heavy atom. The summed E-state index contributed by atoms with van der Waals surface area (Å²) in [6, 6.07) is 7.26. The second kappa shape index (κ2) is 11.6. The largest absolute Gasteiger partial charge is 0.480 e. The first-order valence-electron chi connectivity index (χ1n) is 10.6. The summed E-state index contributed by atoms with van der Waals surface area (Å²) < 4.78 is 0. The molecule has 13 heteroatoms. The van der Waals surface area contributed by atoms with Crippen molar-refractivity contribution in [2.75, 3.05) is 48.3 Å². The number of nitrogens with one attached hydrogen (secondary N) is 2. The highest BCUT2D eigenvalue weighted by Gasteiger charge is 2.21. The molecule has 3 N–H and O–H groups in total. The Balaban J connectivity index is 0.00000342. The van der Waals surface area contributed by atoms with Crippen molar-refractivity contribution >= 4 is 69.7 Å². The van der Waals surface area contributed by atoms with Gasteiger partial charge in [0.2, 0.25) is 0 Å². The predicted octanol–water partition coefficient (Wildman–Crippen LogP) is 3.83. The third-order valence-electron chi connectivity index (χ3n) is 5.30. The highest BCUT2D eigenvalue weighted by Crippen LogP contribution is 2.28. The van der Waals surface area contributed by atoms with Crippen LogP contribution >= 0.6 is 35.3 Å². The van der Waals surface area contributed by atoms with E-state index < -0.39 is 5.97 Å². The molecule has 186 valence electrons. The lowest BCUT2D eigenvalue weighted by Gasteiger charge is -2.34. The molecular formula is C22H25Cl2N7O3S. The lowest BCUT2D eigenvalue weighted by atomic mass is 10.2. The first-order chi connectivity index (χ1) is 16.3. The smallest absolute Gasteiger partial charge is 0.317 e. The third-order valence-corrected chi connectivity index (χ3v) is 6.53. The average molecular weight is 538 g/mol. The van der Waals surface area contributed by atoms with Gasteiger partial charge in [-0.1, -0.05) is 35.1 Å². The lowest BCUT2D eigenvalue weighted by molar-refractivity contribution is -0.138. The maximum absolute atomic E-state index is 12.7. The molecule has 0 atom stereocenters. The molecule has 2 aromatic heterocycles. The molecule has 0 radical (unpaired) electrons. The number of benzene rings is 1. The van der Waals surface area contributed by atoms with Crippen LogP contribution in [0.25, 0.3) is 0 Å². The maximum Gasteiger partial charge on any atom is 0.317 e. The Morgan fingerprint density at radius 1 is 1.17 bits per heavy atom. The van der Waals surface area contributed by atoms with Crippen molar-refractivity contribution in [2.45, 2.75) is 13.8 Å². The van der Waals surface area contributed by atoms with Crippen molar-refractivity contribution in [3.63, 3.8) is 0 Å². The van der Waals surface area contributed by atoms with Gasteiger partial charge in [0.1, 0.15) is 22.3 Å². The zero-order valence-corrected chi connectivity index (χ0v) is 21.5. The molecule has 3 aromatic rings. The molecule has 35 heavy (non-hydrogen) atoms. The summed E-state index contributed by atoms with van der Waals surface area (Å²) in [6.07, 6.45) is 1.51. The molecular weight excluding hydrogens is 513 g/mol. The van der Waals surface area contributed by atoms with E-state index in [9.17, 15) is 9.59 Å². The van der Waals surface area contributed by atoms with Crippen molar-refractivity contribution in [2.24, 2.45) is 0 Å². The number of rotatable bonds is 7. The lowest BCUT2D eigenvalue weighted by Crippen LogP contribution is -2.48. The Kier molecular flexibility index (Phi) is 8.84. The standard InChI is InChI=1S/C22H24ClN7O3S.ClH/c1-13-4-3-5-15(23)20(13)28-21(33)16-11-24-22(34-16)27-17-10-18(26-14(2)25-17)30-8-6-29(7-9-30)12-19(31)32;/h3-5,10-11H,6-9,12H2,1-2H3,(H,28,33)(H,31,32)(H,24,25,26,27);1H. The second-order valence-electron chi connectivity index (χ2n) is 7.86. The number of para-hydroxylation sites is 1. The summed E-state index contributed by atoms with van der Waals surface area (Å²) in [7, 11) is 0. The molecule has 1 aromatic carbocycles. The van der Waals surface area contributed by atoms with E-state index >= 15 is 0 Å². The summed E-state index contributed by atoms with van der Waals surface area (Å²) in [4.78, 5) is 41.3. The second-order valence-corrected chi connectivity index (χ2v) is 9.29. The minimum absolute atomic E-state index is 0. The van der Waals surface area contributed by atoms with Gasteiger partial charge in [0.15, 0.2) is 5.13 Å². The van der Waals surface area contributed by atoms with Crippen LogP contribution < -0.4 is 15.5 Å². The summed E-state index contributed by atoms with van der Waals surface area (Å²) >= 11 is 7.42. The van der Waals surface area contributed by atoms with Crippen LogP contribution in [0, 0.1) is 13.8 Å². The van der Waals surface area contributed by atoms with E-state index in [4.69, 9.17) is 16.7 Å². The molecule has 1 aliphatic rings. The molecule has 0 aliphatic carbocycles. The monoisotopic (exact) mass is 537 g/mol. The minimum Gasteiger partial charge on any atom is -0.480 e. The van der Waals surface area contributed by atoms with Crippen LogP contribution in [0.3, 0.4) is 0 Å². The van der Waals surface area contributed by atoms with Gasteiger partial charge in [0, 0.05) is 32.2 Å². The zero-order valence-electron chi connectivity index (χ0n) is 19.1. The van der Waals surface area contributed by atoms with Gasteiger partial charge in [0.25, 0.3) is 5.91 Å². The molecule has 4 rings (SSSR count). The number of hydrogen-bond donors (Lipinski definition) is 3. The number of nitrogens with zero attached hydrogens (tertiary/aromatic N) is 5. The van der Waals surface area contributed by atoms with Crippen LogP contribution in [-0.4, -0.2) is 69.6 Å². The first kappa shape index (κ1) is 26.6. The van der Waals surface area contributed by atoms with E-state index in [1.54, 1.807) is 6.07 Å².